The molecule has 3 heterocycles. The van der Waals surface area contributed by atoms with E-state index in [-0.39, 0.29) is 18.2 Å². The van der Waals surface area contributed by atoms with Crippen molar-refractivity contribution in [2.45, 2.75) is 13.5 Å². The summed E-state index contributed by atoms with van der Waals surface area (Å²) in [7, 11) is 0. The lowest BCUT2D eigenvalue weighted by molar-refractivity contribution is 0.0910. The molecule has 0 atom stereocenters. The molecular weight excluding hydrogens is 322 g/mol. The molecule has 0 radical (unpaired) electrons. The van der Waals surface area contributed by atoms with Gasteiger partial charge in [-0.3, -0.25) is 9.78 Å². The maximum Gasteiger partial charge on any atom is 0.290 e. The maximum absolute atomic E-state index is 11.9. The second-order valence-corrected chi connectivity index (χ2v) is 5.40. The van der Waals surface area contributed by atoms with E-state index in [1.54, 1.807) is 19.2 Å². The van der Waals surface area contributed by atoms with Crippen LogP contribution in [0.25, 0.3) is 22.4 Å². The molecule has 8 nitrogen and oxygen atoms in total. The minimum absolute atomic E-state index is 0.0797. The molecule has 0 bridgehead atoms. The van der Waals surface area contributed by atoms with Crippen molar-refractivity contribution >= 4 is 16.7 Å². The zero-order valence-electron chi connectivity index (χ0n) is 13.3. The molecule has 0 saturated carbocycles. The van der Waals surface area contributed by atoms with Crippen molar-refractivity contribution in [2.24, 2.45) is 0 Å². The number of pyridine rings is 1. The van der Waals surface area contributed by atoms with Crippen LogP contribution in [0, 0.1) is 6.92 Å². The third kappa shape index (κ3) is 2.97. The quantitative estimate of drug-likeness (QED) is 0.610. The lowest BCUT2D eigenvalue weighted by Gasteiger charge is -2.01. The van der Waals surface area contributed by atoms with Crippen molar-refractivity contribution in [3.05, 3.63) is 59.9 Å². The van der Waals surface area contributed by atoms with Crippen LogP contribution in [0.3, 0.4) is 0 Å². The van der Waals surface area contributed by atoms with Crippen molar-refractivity contribution in [3.63, 3.8) is 0 Å². The summed E-state index contributed by atoms with van der Waals surface area (Å²) in [5.74, 6) is 0.308. The van der Waals surface area contributed by atoms with Gasteiger partial charge in [-0.1, -0.05) is 29.4 Å². The molecule has 8 heteroatoms. The SMILES string of the molecule is Cc1cc(C(=O)NCc2nnc(-c3nccc4ccccc34)o2)on1. The van der Waals surface area contributed by atoms with E-state index in [1.807, 2.05) is 30.3 Å². The van der Waals surface area contributed by atoms with Crippen LogP contribution in [-0.4, -0.2) is 26.2 Å². The van der Waals surface area contributed by atoms with Gasteiger partial charge in [-0.2, -0.15) is 0 Å². The highest BCUT2D eigenvalue weighted by atomic mass is 16.5. The summed E-state index contributed by atoms with van der Waals surface area (Å²) >= 11 is 0. The first-order chi connectivity index (χ1) is 12.2. The number of hydrogen-bond donors (Lipinski definition) is 1. The molecule has 4 rings (SSSR count). The molecule has 124 valence electrons. The second kappa shape index (κ2) is 6.16. The van der Waals surface area contributed by atoms with Gasteiger partial charge in [-0.25, -0.2) is 0 Å². The summed E-state index contributed by atoms with van der Waals surface area (Å²) in [6.45, 7) is 1.82. The molecule has 1 aromatic carbocycles. The highest BCUT2D eigenvalue weighted by Gasteiger charge is 2.15. The van der Waals surface area contributed by atoms with E-state index in [2.05, 4.69) is 25.7 Å². The molecule has 0 aliphatic carbocycles. The summed E-state index contributed by atoms with van der Waals surface area (Å²) in [5.41, 5.74) is 1.24. The van der Waals surface area contributed by atoms with Gasteiger partial charge in [0.05, 0.1) is 12.2 Å². The number of amides is 1. The third-order valence-corrected chi connectivity index (χ3v) is 3.59. The fourth-order valence-electron chi connectivity index (χ4n) is 2.42. The minimum atomic E-state index is -0.399. The Morgan fingerprint density at radius 2 is 2.08 bits per heavy atom. The third-order valence-electron chi connectivity index (χ3n) is 3.59. The van der Waals surface area contributed by atoms with Gasteiger partial charge in [-0.15, -0.1) is 10.2 Å². The van der Waals surface area contributed by atoms with Gasteiger partial charge in [0.2, 0.25) is 11.7 Å². The largest absolute Gasteiger partial charge is 0.417 e. The van der Waals surface area contributed by atoms with E-state index in [0.717, 1.165) is 10.8 Å². The van der Waals surface area contributed by atoms with Crippen molar-refractivity contribution in [1.82, 2.24) is 25.7 Å². The molecule has 3 aromatic heterocycles. The summed E-state index contributed by atoms with van der Waals surface area (Å²) in [4.78, 5) is 16.3. The number of nitrogens with zero attached hydrogens (tertiary/aromatic N) is 4. The van der Waals surface area contributed by atoms with Gasteiger partial charge in [-0.05, 0) is 18.4 Å². The molecular formula is C17H13N5O3. The molecule has 25 heavy (non-hydrogen) atoms. The first kappa shape index (κ1) is 15.0. The number of benzene rings is 1. The van der Waals surface area contributed by atoms with Crippen LogP contribution >= 0.6 is 0 Å². The lowest BCUT2D eigenvalue weighted by atomic mass is 10.1. The second-order valence-electron chi connectivity index (χ2n) is 5.40. The Labute approximate surface area is 141 Å². The summed E-state index contributed by atoms with van der Waals surface area (Å²) in [5, 5.41) is 16.2. The maximum atomic E-state index is 11.9. The van der Waals surface area contributed by atoms with Crippen LogP contribution in [-0.2, 0) is 6.54 Å². The van der Waals surface area contributed by atoms with Crippen molar-refractivity contribution in [2.75, 3.05) is 0 Å². The fraction of sp³-hybridized carbons (Fsp3) is 0.118. The van der Waals surface area contributed by atoms with E-state index >= 15 is 0 Å². The zero-order chi connectivity index (χ0) is 17.2. The van der Waals surface area contributed by atoms with Crippen molar-refractivity contribution in [1.29, 1.82) is 0 Å². The van der Waals surface area contributed by atoms with Gasteiger partial charge in [0, 0.05) is 17.6 Å². The standard InChI is InChI=1S/C17H13N5O3/c1-10-8-13(25-22-10)16(23)19-9-14-20-21-17(24-14)15-12-5-3-2-4-11(12)6-7-18-15/h2-8H,9H2,1H3,(H,19,23). The predicted molar refractivity (Wildman–Crippen MR) is 87.4 cm³/mol. The van der Waals surface area contributed by atoms with Crippen LogP contribution in [0.5, 0.6) is 0 Å². The lowest BCUT2D eigenvalue weighted by Crippen LogP contribution is -2.22. The molecule has 1 N–H and O–H groups in total. The molecule has 0 aliphatic rings. The number of carbonyl (C=O) groups is 1. The van der Waals surface area contributed by atoms with Crippen molar-refractivity contribution < 1.29 is 13.7 Å². The molecule has 0 spiro atoms. The van der Waals surface area contributed by atoms with Crippen molar-refractivity contribution in [3.8, 4) is 11.6 Å². The topological polar surface area (TPSA) is 107 Å². The van der Waals surface area contributed by atoms with E-state index in [4.69, 9.17) is 8.94 Å². The Morgan fingerprint density at radius 3 is 2.92 bits per heavy atom. The molecule has 4 aromatic rings. The number of rotatable bonds is 4. The zero-order valence-corrected chi connectivity index (χ0v) is 13.3. The number of aromatic nitrogens is 4. The number of carbonyl (C=O) groups excluding carboxylic acids is 1. The average molecular weight is 335 g/mol. The fourth-order valence-corrected chi connectivity index (χ4v) is 2.42. The van der Waals surface area contributed by atoms with Crippen LogP contribution in [0.4, 0.5) is 0 Å². The summed E-state index contributed by atoms with van der Waals surface area (Å²) in [6, 6.07) is 11.3. The highest BCUT2D eigenvalue weighted by molar-refractivity contribution is 5.92. The van der Waals surface area contributed by atoms with Crippen LogP contribution in [0.15, 0.2) is 51.5 Å². The summed E-state index contributed by atoms with van der Waals surface area (Å²) < 4.78 is 10.5. The van der Waals surface area contributed by atoms with Gasteiger partial charge >= 0.3 is 0 Å². The molecule has 0 fully saturated rings. The Morgan fingerprint density at radius 1 is 1.20 bits per heavy atom. The first-order valence-corrected chi connectivity index (χ1v) is 7.59. The molecule has 0 saturated heterocycles. The number of aryl methyl sites for hydroxylation is 1. The molecule has 0 aliphatic heterocycles. The predicted octanol–water partition coefficient (Wildman–Crippen LogP) is 2.51. The van der Waals surface area contributed by atoms with E-state index < -0.39 is 5.91 Å². The van der Waals surface area contributed by atoms with Crippen LogP contribution in [0.2, 0.25) is 0 Å². The minimum Gasteiger partial charge on any atom is -0.417 e. The molecule has 1 amide bonds. The first-order valence-electron chi connectivity index (χ1n) is 7.59. The van der Waals surface area contributed by atoms with E-state index in [9.17, 15) is 4.79 Å². The van der Waals surface area contributed by atoms with Gasteiger partial charge in [0.1, 0.15) is 5.69 Å². The van der Waals surface area contributed by atoms with E-state index in [0.29, 0.717) is 17.3 Å². The Kier molecular flexibility index (Phi) is 3.70. The number of hydrogen-bond acceptors (Lipinski definition) is 7. The number of nitrogens with one attached hydrogen (secondary N) is 1. The van der Waals surface area contributed by atoms with Crippen LogP contribution < -0.4 is 5.32 Å². The Hall–Kier alpha value is -3.55. The van der Waals surface area contributed by atoms with Crippen LogP contribution in [0.1, 0.15) is 22.1 Å². The van der Waals surface area contributed by atoms with E-state index in [1.165, 1.54) is 0 Å². The molecule has 0 unspecified atom stereocenters. The highest BCUT2D eigenvalue weighted by Crippen LogP contribution is 2.25. The van der Waals surface area contributed by atoms with Gasteiger partial charge in [0.25, 0.3) is 11.8 Å². The normalized spacial score (nSPS) is 10.9. The van der Waals surface area contributed by atoms with Gasteiger partial charge < -0.3 is 14.3 Å². The van der Waals surface area contributed by atoms with Gasteiger partial charge in [0.15, 0.2) is 0 Å². The monoisotopic (exact) mass is 335 g/mol. The Bertz CT molecular complexity index is 1050. The average Bonchev–Trinajstić information content (AvgIpc) is 3.28. The number of fused-ring (bicyclic) bond motifs is 1. The summed E-state index contributed by atoms with van der Waals surface area (Å²) in [6.07, 6.45) is 1.69. The Balaban J connectivity index is 1.53. The smallest absolute Gasteiger partial charge is 0.290 e.